The maximum atomic E-state index is 6.44. The smallest absolute Gasteiger partial charge is 0.214 e. The quantitative estimate of drug-likeness (QED) is 0.582. The summed E-state index contributed by atoms with van der Waals surface area (Å²) < 4.78 is 12.0. The number of para-hydroxylation sites is 1. The largest absolute Gasteiger partial charge is 0.493 e. The molecule has 2 aromatic carbocycles. The van der Waals surface area contributed by atoms with E-state index < -0.39 is 0 Å². The van der Waals surface area contributed by atoms with Gasteiger partial charge in [0.1, 0.15) is 0 Å². The van der Waals surface area contributed by atoms with Crippen molar-refractivity contribution in [2.24, 2.45) is 5.10 Å². The lowest BCUT2D eigenvalue weighted by molar-refractivity contribution is -0.0206. The third kappa shape index (κ3) is 2.69. The van der Waals surface area contributed by atoms with Gasteiger partial charge in [-0.05, 0) is 59.5 Å². The maximum absolute atomic E-state index is 6.44. The van der Waals surface area contributed by atoms with Crippen LogP contribution in [0.2, 0.25) is 0 Å². The van der Waals surface area contributed by atoms with E-state index in [1.165, 1.54) is 16.7 Å². The molecular formula is C23H22N2O2S. The molecule has 0 amide bonds. The number of benzene rings is 2. The molecule has 0 saturated carbocycles. The van der Waals surface area contributed by atoms with Gasteiger partial charge in [-0.3, -0.25) is 0 Å². The Hall–Kier alpha value is -2.79. The van der Waals surface area contributed by atoms with E-state index in [1.807, 2.05) is 12.1 Å². The van der Waals surface area contributed by atoms with Crippen LogP contribution < -0.4 is 9.47 Å². The van der Waals surface area contributed by atoms with Crippen molar-refractivity contribution in [2.45, 2.75) is 32.5 Å². The summed E-state index contributed by atoms with van der Waals surface area (Å²) >= 11 is 1.67. The lowest BCUT2D eigenvalue weighted by Gasteiger charge is -2.38. The zero-order valence-corrected chi connectivity index (χ0v) is 17.0. The molecule has 0 N–H and O–H groups in total. The van der Waals surface area contributed by atoms with Gasteiger partial charge in [-0.1, -0.05) is 24.3 Å². The summed E-state index contributed by atoms with van der Waals surface area (Å²) in [5.74, 6) is 1.61. The molecule has 0 unspecified atom stereocenters. The first-order valence-corrected chi connectivity index (χ1v) is 10.4. The van der Waals surface area contributed by atoms with Crippen LogP contribution in [0.4, 0.5) is 0 Å². The molecule has 0 radical (unpaired) electrons. The molecule has 5 rings (SSSR count). The average molecular weight is 391 g/mol. The van der Waals surface area contributed by atoms with Crippen LogP contribution in [0.3, 0.4) is 0 Å². The molecule has 4 nitrogen and oxygen atoms in total. The van der Waals surface area contributed by atoms with E-state index in [0.717, 1.165) is 34.8 Å². The van der Waals surface area contributed by atoms with Crippen molar-refractivity contribution in [3.8, 4) is 11.5 Å². The lowest BCUT2D eigenvalue weighted by Crippen LogP contribution is -2.33. The summed E-state index contributed by atoms with van der Waals surface area (Å²) in [6, 6.07) is 14.9. The first-order chi connectivity index (χ1) is 13.7. The Labute approximate surface area is 169 Å². The zero-order valence-electron chi connectivity index (χ0n) is 16.2. The van der Waals surface area contributed by atoms with Crippen molar-refractivity contribution < 1.29 is 9.47 Å². The summed E-state index contributed by atoms with van der Waals surface area (Å²) in [7, 11) is 1.69. The minimum absolute atomic E-state index is 0.139. The van der Waals surface area contributed by atoms with E-state index in [2.05, 4.69) is 59.9 Å². The predicted octanol–water partition coefficient (Wildman–Crippen LogP) is 5.62. The number of fused-ring (bicyclic) bond motifs is 3. The van der Waals surface area contributed by atoms with E-state index in [0.29, 0.717) is 0 Å². The summed E-state index contributed by atoms with van der Waals surface area (Å²) in [4.78, 5) is 0. The van der Waals surface area contributed by atoms with Crippen LogP contribution in [-0.2, 0) is 0 Å². The van der Waals surface area contributed by atoms with Gasteiger partial charge in [0, 0.05) is 17.5 Å². The van der Waals surface area contributed by atoms with Gasteiger partial charge < -0.3 is 9.47 Å². The molecule has 142 valence electrons. The number of ether oxygens (including phenoxy) is 2. The number of methoxy groups -OCH3 is 1. The number of hydrogen-bond acceptors (Lipinski definition) is 5. The highest BCUT2D eigenvalue weighted by Gasteiger charge is 2.42. The SMILES string of the molecule is COc1cccc2c1O[C@H](c1ccsc1)N1N=C(c3ccc(C)c(C)c3)C[C@@H]21. The number of thiophene rings is 1. The summed E-state index contributed by atoms with van der Waals surface area (Å²) in [6.07, 6.45) is 0.608. The van der Waals surface area contributed by atoms with Gasteiger partial charge in [-0.2, -0.15) is 16.4 Å². The molecule has 3 aromatic rings. The van der Waals surface area contributed by atoms with Crippen molar-refractivity contribution in [3.63, 3.8) is 0 Å². The molecule has 2 aliphatic rings. The molecule has 0 fully saturated rings. The number of nitrogens with zero attached hydrogens (tertiary/aromatic N) is 2. The minimum Gasteiger partial charge on any atom is -0.493 e. The van der Waals surface area contributed by atoms with Gasteiger partial charge in [0.05, 0.1) is 18.9 Å². The predicted molar refractivity (Wildman–Crippen MR) is 112 cm³/mol. The molecule has 2 aliphatic heterocycles. The highest BCUT2D eigenvalue weighted by molar-refractivity contribution is 7.07. The Bertz CT molecular complexity index is 1060. The van der Waals surface area contributed by atoms with E-state index in [4.69, 9.17) is 14.6 Å². The molecule has 1 aromatic heterocycles. The molecule has 28 heavy (non-hydrogen) atoms. The fraction of sp³-hybridized carbons (Fsp3) is 0.261. The maximum Gasteiger partial charge on any atom is 0.214 e. The third-order valence-electron chi connectivity index (χ3n) is 5.67. The van der Waals surface area contributed by atoms with Gasteiger partial charge in [0.25, 0.3) is 0 Å². The third-order valence-corrected chi connectivity index (χ3v) is 6.37. The normalized spacial score (nSPS) is 20.2. The molecule has 3 heterocycles. The Balaban J connectivity index is 1.61. The van der Waals surface area contributed by atoms with E-state index in [9.17, 15) is 0 Å². The lowest BCUT2D eigenvalue weighted by atomic mass is 9.94. The van der Waals surface area contributed by atoms with Crippen molar-refractivity contribution in [1.82, 2.24) is 5.01 Å². The Morgan fingerprint density at radius 2 is 2.04 bits per heavy atom. The summed E-state index contributed by atoms with van der Waals surface area (Å²) in [5.41, 5.74) is 7.14. The van der Waals surface area contributed by atoms with Gasteiger partial charge in [0.15, 0.2) is 11.5 Å². The van der Waals surface area contributed by atoms with Crippen molar-refractivity contribution in [1.29, 1.82) is 0 Å². The van der Waals surface area contributed by atoms with Gasteiger partial charge in [0.2, 0.25) is 6.23 Å². The Morgan fingerprint density at radius 1 is 1.14 bits per heavy atom. The minimum atomic E-state index is -0.246. The zero-order chi connectivity index (χ0) is 19.3. The Morgan fingerprint density at radius 3 is 2.79 bits per heavy atom. The van der Waals surface area contributed by atoms with Crippen LogP contribution in [0.25, 0.3) is 0 Å². The standard InChI is InChI=1S/C23H22N2O2S/c1-14-7-8-16(11-15(14)2)19-12-20-18-5-4-6-21(26-3)22(18)27-23(25(20)24-19)17-9-10-28-13-17/h4-11,13,20,23H,12H2,1-3H3/t20-,23+/m0/s1. The van der Waals surface area contributed by atoms with Crippen LogP contribution in [0.5, 0.6) is 11.5 Å². The first-order valence-electron chi connectivity index (χ1n) is 9.45. The molecule has 0 spiro atoms. The molecule has 0 aliphatic carbocycles. The second-order valence-electron chi connectivity index (χ2n) is 7.35. The van der Waals surface area contributed by atoms with E-state index in [-0.39, 0.29) is 12.3 Å². The monoisotopic (exact) mass is 390 g/mol. The topological polar surface area (TPSA) is 34.1 Å². The van der Waals surface area contributed by atoms with Crippen LogP contribution in [0, 0.1) is 13.8 Å². The summed E-state index contributed by atoms with van der Waals surface area (Å²) in [6.45, 7) is 4.29. The van der Waals surface area contributed by atoms with E-state index in [1.54, 1.807) is 18.4 Å². The van der Waals surface area contributed by atoms with Gasteiger partial charge >= 0.3 is 0 Å². The molecule has 0 saturated heterocycles. The molecule has 0 bridgehead atoms. The number of aryl methyl sites for hydroxylation is 2. The van der Waals surface area contributed by atoms with Crippen molar-refractivity contribution in [3.05, 3.63) is 81.0 Å². The Kier molecular flexibility index (Phi) is 4.13. The second kappa shape index (κ2) is 6.67. The molecular weight excluding hydrogens is 368 g/mol. The molecule has 2 atom stereocenters. The van der Waals surface area contributed by atoms with Crippen LogP contribution >= 0.6 is 11.3 Å². The van der Waals surface area contributed by atoms with Crippen LogP contribution in [0.15, 0.2) is 58.3 Å². The van der Waals surface area contributed by atoms with Crippen molar-refractivity contribution >= 4 is 17.0 Å². The fourth-order valence-electron chi connectivity index (χ4n) is 3.98. The first kappa shape index (κ1) is 17.3. The number of hydrogen-bond donors (Lipinski definition) is 0. The van der Waals surface area contributed by atoms with E-state index >= 15 is 0 Å². The average Bonchev–Trinajstić information content (AvgIpc) is 3.39. The van der Waals surface area contributed by atoms with Crippen molar-refractivity contribution in [2.75, 3.05) is 7.11 Å². The summed E-state index contributed by atoms with van der Waals surface area (Å²) in [5, 5.41) is 11.4. The van der Waals surface area contributed by atoms with Crippen LogP contribution in [-0.4, -0.2) is 17.8 Å². The fourth-order valence-corrected chi connectivity index (χ4v) is 4.64. The molecule has 5 heteroatoms. The number of rotatable bonds is 3. The van der Waals surface area contributed by atoms with Gasteiger partial charge in [-0.25, -0.2) is 5.01 Å². The second-order valence-corrected chi connectivity index (χ2v) is 8.13. The van der Waals surface area contributed by atoms with Gasteiger partial charge in [-0.15, -0.1) is 0 Å². The van der Waals surface area contributed by atoms with Crippen LogP contribution in [0.1, 0.15) is 46.5 Å². The highest BCUT2D eigenvalue weighted by Crippen LogP contribution is 2.50. The number of hydrazone groups is 1. The highest BCUT2D eigenvalue weighted by atomic mass is 32.1.